The van der Waals surface area contributed by atoms with Crippen LogP contribution in [0.4, 0.5) is 0 Å². The van der Waals surface area contributed by atoms with Gasteiger partial charge in [-0.1, -0.05) is 45.6 Å². The highest BCUT2D eigenvalue weighted by molar-refractivity contribution is 5.86. The maximum absolute atomic E-state index is 11.1. The number of rotatable bonds is 9. The van der Waals surface area contributed by atoms with Crippen LogP contribution in [0, 0.1) is 5.92 Å². The molecule has 1 fully saturated rings. The quantitative estimate of drug-likeness (QED) is 0.496. The molecule has 1 heterocycles. The Balaban J connectivity index is 2.41. The van der Waals surface area contributed by atoms with E-state index in [0.29, 0.717) is 17.9 Å². The lowest BCUT2D eigenvalue weighted by Gasteiger charge is -2.12. The van der Waals surface area contributed by atoms with Crippen molar-refractivity contribution in [2.24, 2.45) is 5.92 Å². The molecule has 0 saturated carbocycles. The lowest BCUT2D eigenvalue weighted by atomic mass is 9.94. The minimum absolute atomic E-state index is 0.160. The van der Waals surface area contributed by atoms with Crippen molar-refractivity contribution < 1.29 is 14.6 Å². The van der Waals surface area contributed by atoms with E-state index < -0.39 is 5.97 Å². The number of ether oxygens (including phenoxy) is 1. The summed E-state index contributed by atoms with van der Waals surface area (Å²) >= 11 is 0. The predicted molar refractivity (Wildman–Crippen MR) is 68.0 cm³/mol. The second-order valence-corrected chi connectivity index (χ2v) is 4.85. The molecule has 0 bridgehead atoms. The van der Waals surface area contributed by atoms with Crippen molar-refractivity contribution in [2.75, 3.05) is 6.61 Å². The van der Waals surface area contributed by atoms with Gasteiger partial charge in [0.2, 0.25) is 0 Å². The number of aliphatic carboxylic acids is 1. The van der Waals surface area contributed by atoms with Crippen LogP contribution < -0.4 is 0 Å². The van der Waals surface area contributed by atoms with E-state index in [1.165, 1.54) is 19.3 Å². The van der Waals surface area contributed by atoms with E-state index in [9.17, 15) is 4.79 Å². The first-order valence-corrected chi connectivity index (χ1v) is 6.71. The zero-order valence-electron chi connectivity index (χ0n) is 10.9. The van der Waals surface area contributed by atoms with Crippen molar-refractivity contribution in [3.05, 3.63) is 11.6 Å². The van der Waals surface area contributed by atoms with Gasteiger partial charge in [0.15, 0.2) is 0 Å². The molecule has 0 spiro atoms. The van der Waals surface area contributed by atoms with Crippen molar-refractivity contribution >= 4 is 5.97 Å². The van der Waals surface area contributed by atoms with Crippen LogP contribution in [0.3, 0.4) is 0 Å². The highest BCUT2D eigenvalue weighted by Crippen LogP contribution is 2.22. The van der Waals surface area contributed by atoms with Crippen LogP contribution in [-0.4, -0.2) is 23.8 Å². The Morgan fingerprint density at radius 2 is 2.24 bits per heavy atom. The third-order valence-corrected chi connectivity index (χ3v) is 3.37. The molecule has 0 radical (unpaired) electrons. The first-order valence-electron chi connectivity index (χ1n) is 6.71. The van der Waals surface area contributed by atoms with E-state index in [2.05, 4.69) is 13.8 Å². The third kappa shape index (κ3) is 5.87. The normalized spacial score (nSPS) is 21.3. The Morgan fingerprint density at radius 1 is 1.53 bits per heavy atom. The molecule has 3 heteroatoms. The molecule has 1 rings (SSSR count). The Hall–Kier alpha value is -0.830. The van der Waals surface area contributed by atoms with Crippen molar-refractivity contribution in [1.29, 1.82) is 0 Å². The molecule has 98 valence electrons. The number of carboxylic acid groups (broad SMARTS) is 1. The number of epoxide rings is 1. The molecule has 0 aromatic carbocycles. The summed E-state index contributed by atoms with van der Waals surface area (Å²) in [5, 5.41) is 9.09. The maximum Gasteiger partial charge on any atom is 0.331 e. The fourth-order valence-corrected chi connectivity index (χ4v) is 1.98. The van der Waals surface area contributed by atoms with Gasteiger partial charge in [-0.3, -0.25) is 0 Å². The van der Waals surface area contributed by atoms with Gasteiger partial charge in [-0.05, 0) is 12.3 Å². The van der Waals surface area contributed by atoms with E-state index in [1.54, 1.807) is 0 Å². The number of carboxylic acids is 1. The van der Waals surface area contributed by atoms with Crippen LogP contribution in [0.25, 0.3) is 0 Å². The first kappa shape index (κ1) is 14.2. The molecule has 17 heavy (non-hydrogen) atoms. The third-order valence-electron chi connectivity index (χ3n) is 3.37. The summed E-state index contributed by atoms with van der Waals surface area (Å²) in [6.07, 6.45) is 8.31. The monoisotopic (exact) mass is 240 g/mol. The minimum Gasteiger partial charge on any atom is -0.478 e. The van der Waals surface area contributed by atoms with Gasteiger partial charge < -0.3 is 9.84 Å². The fraction of sp³-hybridized carbons (Fsp3) is 0.786. The molecule has 1 saturated heterocycles. The average molecular weight is 240 g/mol. The number of hydrogen-bond acceptors (Lipinski definition) is 2. The highest BCUT2D eigenvalue weighted by Gasteiger charge is 2.26. The van der Waals surface area contributed by atoms with Gasteiger partial charge in [0.05, 0.1) is 12.7 Å². The molecule has 1 N–H and O–H groups in total. The molecule has 2 atom stereocenters. The minimum atomic E-state index is -0.786. The Morgan fingerprint density at radius 3 is 2.71 bits per heavy atom. The Kier molecular flexibility index (Phi) is 6.27. The van der Waals surface area contributed by atoms with Crippen molar-refractivity contribution in [3.63, 3.8) is 0 Å². The van der Waals surface area contributed by atoms with E-state index in [1.807, 2.05) is 6.08 Å². The van der Waals surface area contributed by atoms with Crippen LogP contribution >= 0.6 is 0 Å². The summed E-state index contributed by atoms with van der Waals surface area (Å²) < 4.78 is 5.08. The summed E-state index contributed by atoms with van der Waals surface area (Å²) in [5.74, 6) is -0.157. The number of carbonyl (C=O) groups is 1. The summed E-state index contributed by atoms with van der Waals surface area (Å²) in [6.45, 7) is 5.09. The molecular weight excluding hydrogens is 216 g/mol. The molecule has 0 aromatic heterocycles. The molecule has 0 aliphatic carbocycles. The Labute approximate surface area is 104 Å². The van der Waals surface area contributed by atoms with Crippen LogP contribution in [0.15, 0.2) is 11.6 Å². The van der Waals surface area contributed by atoms with Crippen LogP contribution in [0.5, 0.6) is 0 Å². The van der Waals surface area contributed by atoms with Gasteiger partial charge in [-0.15, -0.1) is 0 Å². The molecule has 0 amide bonds. The largest absolute Gasteiger partial charge is 0.478 e. The van der Waals surface area contributed by atoms with E-state index >= 15 is 0 Å². The predicted octanol–water partition coefficient (Wildman–Crippen LogP) is 3.39. The van der Waals surface area contributed by atoms with Crippen LogP contribution in [0.1, 0.15) is 52.4 Å². The zero-order chi connectivity index (χ0) is 12.7. The smallest absolute Gasteiger partial charge is 0.331 e. The summed E-state index contributed by atoms with van der Waals surface area (Å²) in [7, 11) is 0. The van der Waals surface area contributed by atoms with Crippen molar-refractivity contribution in [2.45, 2.75) is 58.5 Å². The lowest BCUT2D eigenvalue weighted by molar-refractivity contribution is -0.132. The van der Waals surface area contributed by atoms with Gasteiger partial charge in [-0.2, -0.15) is 0 Å². The lowest BCUT2D eigenvalue weighted by Crippen LogP contribution is -2.05. The molecular formula is C14H24O3. The van der Waals surface area contributed by atoms with E-state index in [-0.39, 0.29) is 6.10 Å². The summed E-state index contributed by atoms with van der Waals surface area (Å²) in [6, 6.07) is 0. The van der Waals surface area contributed by atoms with E-state index in [0.717, 1.165) is 19.4 Å². The average Bonchev–Trinajstić information content (AvgIpc) is 3.11. The van der Waals surface area contributed by atoms with Gasteiger partial charge >= 0.3 is 5.97 Å². The number of hydrogen-bond donors (Lipinski definition) is 1. The summed E-state index contributed by atoms with van der Waals surface area (Å²) in [5.41, 5.74) is 0.530. The highest BCUT2D eigenvalue weighted by atomic mass is 16.6. The second-order valence-electron chi connectivity index (χ2n) is 4.85. The van der Waals surface area contributed by atoms with Crippen LogP contribution in [0.2, 0.25) is 0 Å². The number of unbranched alkanes of at least 4 members (excludes halogenated alkanes) is 1. The topological polar surface area (TPSA) is 49.8 Å². The van der Waals surface area contributed by atoms with E-state index in [4.69, 9.17) is 9.84 Å². The zero-order valence-corrected chi connectivity index (χ0v) is 10.9. The standard InChI is InChI=1S/C14H24O3/c1-3-5-6-11(4-2)7-8-12(14(15)16)9-13-10-17-13/h8,11,13H,3-7,9-10H2,1-2H3,(H,15,16). The molecule has 2 unspecified atom stereocenters. The van der Waals surface area contributed by atoms with Crippen molar-refractivity contribution in [3.8, 4) is 0 Å². The SMILES string of the molecule is CCCCC(CC)CC=C(CC1CO1)C(=O)O. The van der Waals surface area contributed by atoms with Crippen molar-refractivity contribution in [1.82, 2.24) is 0 Å². The first-order chi connectivity index (χ1) is 8.17. The molecule has 0 aromatic rings. The molecule has 1 aliphatic rings. The van der Waals surface area contributed by atoms with Gasteiger partial charge in [0, 0.05) is 12.0 Å². The number of allylic oxidation sites excluding steroid dienone is 1. The Bertz CT molecular complexity index is 267. The van der Waals surface area contributed by atoms with Gasteiger partial charge in [-0.25, -0.2) is 4.79 Å². The van der Waals surface area contributed by atoms with Gasteiger partial charge in [0.1, 0.15) is 0 Å². The molecule has 3 nitrogen and oxygen atoms in total. The second kappa shape index (κ2) is 7.49. The van der Waals surface area contributed by atoms with Gasteiger partial charge in [0.25, 0.3) is 0 Å². The van der Waals surface area contributed by atoms with Crippen LogP contribution in [-0.2, 0) is 9.53 Å². The summed E-state index contributed by atoms with van der Waals surface area (Å²) in [4.78, 5) is 11.1. The fourth-order valence-electron chi connectivity index (χ4n) is 1.98. The maximum atomic E-state index is 11.1. The molecule has 1 aliphatic heterocycles.